The highest BCUT2D eigenvalue weighted by atomic mass is 35.5. The van der Waals surface area contributed by atoms with Crippen LogP contribution in [0.2, 0.25) is 5.02 Å². The number of hydrogen-bond donors (Lipinski definition) is 1. The highest BCUT2D eigenvalue weighted by Crippen LogP contribution is 2.23. The van der Waals surface area contributed by atoms with Gasteiger partial charge in [0.2, 0.25) is 5.91 Å². The first-order chi connectivity index (χ1) is 14.4. The highest BCUT2D eigenvalue weighted by molar-refractivity contribution is 7.99. The molecule has 0 spiro atoms. The molecular formula is C21H19ClN4O3S. The van der Waals surface area contributed by atoms with E-state index < -0.39 is 0 Å². The van der Waals surface area contributed by atoms with Crippen molar-refractivity contribution in [2.24, 2.45) is 0 Å². The number of ether oxygens (including phenoxy) is 1. The Morgan fingerprint density at radius 3 is 2.87 bits per heavy atom. The van der Waals surface area contributed by atoms with Crippen LogP contribution in [0.15, 0.2) is 52.4 Å². The zero-order chi connectivity index (χ0) is 21.7. The molecule has 1 N–H and O–H groups in total. The van der Waals surface area contributed by atoms with E-state index in [0.29, 0.717) is 38.9 Å². The molecule has 3 aromatic rings. The molecule has 0 saturated carbocycles. The number of benzene rings is 2. The monoisotopic (exact) mass is 442 g/mol. The van der Waals surface area contributed by atoms with Crippen LogP contribution in [0.3, 0.4) is 0 Å². The third kappa shape index (κ3) is 4.82. The number of fused-ring (bicyclic) bond motifs is 1. The van der Waals surface area contributed by atoms with Crippen LogP contribution in [0, 0.1) is 11.3 Å². The topological polar surface area (TPSA) is 97.0 Å². The number of nitrogens with zero attached hydrogens (tertiary/aromatic N) is 3. The number of nitrogens with one attached hydrogen (secondary N) is 1. The van der Waals surface area contributed by atoms with E-state index >= 15 is 0 Å². The lowest BCUT2D eigenvalue weighted by molar-refractivity contribution is -0.113. The minimum Gasteiger partial charge on any atom is -0.383 e. The standard InChI is InChI=1S/C21H19ClN4O3S/c1-13(11-29-2)26-20(28)16-5-3-4-6-17(16)25-21(26)30-12-19(27)24-18-9-15(22)8-7-14(18)10-23/h3-9,13H,11-12H2,1-2H3,(H,24,27)/t13-/m0/s1. The molecule has 0 unspecified atom stereocenters. The van der Waals surface area contributed by atoms with E-state index in [2.05, 4.69) is 10.3 Å². The van der Waals surface area contributed by atoms with Crippen molar-refractivity contribution in [1.82, 2.24) is 9.55 Å². The molecule has 0 bridgehead atoms. The van der Waals surface area contributed by atoms with E-state index in [1.165, 1.54) is 6.07 Å². The Bertz CT molecular complexity index is 1190. The van der Waals surface area contributed by atoms with Gasteiger partial charge >= 0.3 is 0 Å². The van der Waals surface area contributed by atoms with Crippen LogP contribution in [0.1, 0.15) is 18.5 Å². The van der Waals surface area contributed by atoms with Gasteiger partial charge in [-0.05, 0) is 37.3 Å². The van der Waals surface area contributed by atoms with E-state index in [0.717, 1.165) is 11.8 Å². The summed E-state index contributed by atoms with van der Waals surface area (Å²) in [6, 6.07) is 13.5. The van der Waals surface area contributed by atoms with Gasteiger partial charge in [0.1, 0.15) is 6.07 Å². The van der Waals surface area contributed by atoms with Crippen LogP contribution < -0.4 is 10.9 Å². The number of para-hydroxylation sites is 1. The number of carbonyl (C=O) groups is 1. The summed E-state index contributed by atoms with van der Waals surface area (Å²) in [5.74, 6) is -0.339. The van der Waals surface area contributed by atoms with Gasteiger partial charge in [0.25, 0.3) is 5.56 Å². The minimum atomic E-state index is -0.341. The third-order valence-electron chi connectivity index (χ3n) is 4.33. The number of carbonyl (C=O) groups excluding carboxylic acids is 1. The fraction of sp³-hybridized carbons (Fsp3) is 0.238. The summed E-state index contributed by atoms with van der Waals surface area (Å²) in [6.07, 6.45) is 0. The van der Waals surface area contributed by atoms with Crippen LogP contribution >= 0.6 is 23.4 Å². The quantitative estimate of drug-likeness (QED) is 0.440. The van der Waals surface area contributed by atoms with E-state index in [-0.39, 0.29) is 23.3 Å². The number of hydrogen-bond acceptors (Lipinski definition) is 6. The maximum absolute atomic E-state index is 13.0. The van der Waals surface area contributed by atoms with Crippen molar-refractivity contribution in [2.45, 2.75) is 18.1 Å². The molecule has 1 amide bonds. The van der Waals surface area contributed by atoms with Crippen molar-refractivity contribution >= 4 is 45.9 Å². The summed E-state index contributed by atoms with van der Waals surface area (Å²) < 4.78 is 6.75. The largest absolute Gasteiger partial charge is 0.383 e. The Morgan fingerprint density at radius 2 is 2.13 bits per heavy atom. The van der Waals surface area contributed by atoms with Gasteiger partial charge in [0.15, 0.2) is 5.16 Å². The number of methoxy groups -OCH3 is 1. The third-order valence-corrected chi connectivity index (χ3v) is 5.52. The Kier molecular flexibility index (Phi) is 7.11. The molecule has 0 fully saturated rings. The number of anilines is 1. The Labute approximate surface area is 182 Å². The van der Waals surface area contributed by atoms with Crippen molar-refractivity contribution in [1.29, 1.82) is 5.26 Å². The van der Waals surface area contributed by atoms with Gasteiger partial charge in [-0.15, -0.1) is 0 Å². The summed E-state index contributed by atoms with van der Waals surface area (Å²) in [6.45, 7) is 2.18. The predicted molar refractivity (Wildman–Crippen MR) is 118 cm³/mol. The van der Waals surface area contributed by atoms with E-state index in [1.807, 2.05) is 13.0 Å². The zero-order valence-corrected chi connectivity index (χ0v) is 18.0. The molecule has 0 saturated heterocycles. The molecule has 7 nitrogen and oxygen atoms in total. The molecule has 0 radical (unpaired) electrons. The predicted octanol–water partition coefficient (Wildman–Crippen LogP) is 3.86. The van der Waals surface area contributed by atoms with Gasteiger partial charge in [-0.3, -0.25) is 14.2 Å². The molecule has 0 aliphatic carbocycles. The maximum Gasteiger partial charge on any atom is 0.262 e. The smallest absolute Gasteiger partial charge is 0.262 e. The Balaban J connectivity index is 1.87. The average Bonchev–Trinajstić information content (AvgIpc) is 2.72. The van der Waals surface area contributed by atoms with Gasteiger partial charge in [0, 0.05) is 12.1 Å². The number of thioether (sulfide) groups is 1. The Hall–Kier alpha value is -2.86. The van der Waals surface area contributed by atoms with E-state index in [4.69, 9.17) is 16.3 Å². The first-order valence-corrected chi connectivity index (χ1v) is 10.4. The lowest BCUT2D eigenvalue weighted by atomic mass is 10.2. The molecular weight excluding hydrogens is 424 g/mol. The van der Waals surface area contributed by atoms with Crippen LogP contribution in [0.25, 0.3) is 10.9 Å². The van der Waals surface area contributed by atoms with Crippen molar-refractivity contribution in [3.8, 4) is 6.07 Å². The lowest BCUT2D eigenvalue weighted by Crippen LogP contribution is -2.29. The molecule has 2 aromatic carbocycles. The SMILES string of the molecule is COC[C@H](C)n1c(SCC(=O)Nc2cc(Cl)ccc2C#N)nc2ccccc2c1=O. The van der Waals surface area contributed by atoms with Crippen molar-refractivity contribution in [3.63, 3.8) is 0 Å². The van der Waals surface area contributed by atoms with Crippen LogP contribution in [-0.4, -0.2) is 34.9 Å². The van der Waals surface area contributed by atoms with Gasteiger partial charge in [0.05, 0.1) is 40.6 Å². The minimum absolute atomic E-state index is 0.00185. The zero-order valence-electron chi connectivity index (χ0n) is 16.4. The van der Waals surface area contributed by atoms with Crippen molar-refractivity contribution < 1.29 is 9.53 Å². The van der Waals surface area contributed by atoms with E-state index in [1.54, 1.807) is 48.1 Å². The molecule has 30 heavy (non-hydrogen) atoms. The second-order valence-corrected chi connectivity index (χ2v) is 7.91. The van der Waals surface area contributed by atoms with Gasteiger partial charge in [-0.25, -0.2) is 4.98 Å². The van der Waals surface area contributed by atoms with Crippen LogP contribution in [0.4, 0.5) is 5.69 Å². The first kappa shape index (κ1) is 21.8. The molecule has 154 valence electrons. The summed E-state index contributed by atoms with van der Waals surface area (Å²) in [5.41, 5.74) is 1.03. The Morgan fingerprint density at radius 1 is 1.37 bits per heavy atom. The second kappa shape index (κ2) is 9.76. The van der Waals surface area contributed by atoms with E-state index in [9.17, 15) is 14.9 Å². The lowest BCUT2D eigenvalue weighted by Gasteiger charge is -2.18. The molecule has 1 aromatic heterocycles. The van der Waals surface area contributed by atoms with Gasteiger partial charge in [-0.2, -0.15) is 5.26 Å². The summed E-state index contributed by atoms with van der Waals surface area (Å²) in [5, 5.41) is 13.2. The van der Waals surface area contributed by atoms with Gasteiger partial charge in [-0.1, -0.05) is 35.5 Å². The molecule has 1 atom stereocenters. The fourth-order valence-electron chi connectivity index (χ4n) is 2.97. The molecule has 9 heteroatoms. The summed E-state index contributed by atoms with van der Waals surface area (Å²) in [4.78, 5) is 30.1. The molecule has 0 aliphatic heterocycles. The van der Waals surface area contributed by atoms with Crippen LogP contribution in [-0.2, 0) is 9.53 Å². The number of nitriles is 1. The average molecular weight is 443 g/mol. The molecule has 1 heterocycles. The van der Waals surface area contributed by atoms with Gasteiger partial charge < -0.3 is 10.1 Å². The summed E-state index contributed by atoms with van der Waals surface area (Å²) in [7, 11) is 1.56. The maximum atomic E-state index is 13.0. The summed E-state index contributed by atoms with van der Waals surface area (Å²) >= 11 is 7.11. The number of halogens is 1. The van der Waals surface area contributed by atoms with Crippen molar-refractivity contribution in [2.75, 3.05) is 24.8 Å². The van der Waals surface area contributed by atoms with Crippen molar-refractivity contribution in [3.05, 3.63) is 63.4 Å². The number of aromatic nitrogens is 2. The fourth-order valence-corrected chi connectivity index (χ4v) is 4.03. The molecule has 3 rings (SSSR count). The number of rotatable bonds is 7. The normalized spacial score (nSPS) is 11.8. The second-order valence-electron chi connectivity index (χ2n) is 6.53. The molecule has 0 aliphatic rings. The van der Waals surface area contributed by atoms with Crippen LogP contribution in [0.5, 0.6) is 0 Å². The first-order valence-electron chi connectivity index (χ1n) is 9.07. The number of amides is 1. The highest BCUT2D eigenvalue weighted by Gasteiger charge is 2.18.